The van der Waals surface area contributed by atoms with Crippen molar-refractivity contribution >= 4 is 34.1 Å². The Morgan fingerprint density at radius 1 is 1.22 bits per heavy atom. The lowest BCUT2D eigenvalue weighted by atomic mass is 10.2. The van der Waals surface area contributed by atoms with Gasteiger partial charge >= 0.3 is 0 Å². The van der Waals surface area contributed by atoms with Crippen LogP contribution >= 0.6 is 11.3 Å². The van der Waals surface area contributed by atoms with Gasteiger partial charge in [0.15, 0.2) is 10.8 Å². The Morgan fingerprint density at radius 2 is 2.07 bits per heavy atom. The number of amides is 1. The number of carbonyl (C=O) groups excluding carboxylic acids is 1. The zero-order valence-electron chi connectivity index (χ0n) is 14.3. The monoisotopic (exact) mass is 381 g/mol. The summed E-state index contributed by atoms with van der Waals surface area (Å²) in [5, 5.41) is 2.77. The van der Waals surface area contributed by atoms with Gasteiger partial charge in [-0.2, -0.15) is 0 Å². The highest BCUT2D eigenvalue weighted by molar-refractivity contribution is 7.13. The first-order chi connectivity index (χ1) is 13.2. The topological polar surface area (TPSA) is 102 Å². The second-order valence-corrected chi connectivity index (χ2v) is 6.45. The number of nitrogens with one attached hydrogen (secondary N) is 2. The Labute approximate surface area is 157 Å². The molecule has 3 aromatic heterocycles. The molecule has 0 aliphatic heterocycles. The van der Waals surface area contributed by atoms with Gasteiger partial charge in [-0.15, -0.1) is 11.3 Å². The van der Waals surface area contributed by atoms with E-state index < -0.39 is 5.91 Å². The number of aromatic nitrogens is 3. The van der Waals surface area contributed by atoms with Gasteiger partial charge in [0, 0.05) is 11.9 Å². The predicted octanol–water partition coefficient (Wildman–Crippen LogP) is 2.89. The van der Waals surface area contributed by atoms with Crippen LogP contribution < -0.4 is 16.4 Å². The van der Waals surface area contributed by atoms with Crippen molar-refractivity contribution in [3.63, 3.8) is 0 Å². The standard InChI is InChI=1S/C18H15N5O3S/c1-2-23-17(25)11-6-3-4-7-12(11)20-18(23)22-21-15(24)13-10-27-16(19-13)14-8-5-9-26-14/h3-10H,2H2,1H3,(H,20,22)(H,21,24). The summed E-state index contributed by atoms with van der Waals surface area (Å²) in [5.41, 5.74) is 5.90. The summed E-state index contributed by atoms with van der Waals surface area (Å²) in [6.45, 7) is 2.25. The zero-order valence-corrected chi connectivity index (χ0v) is 15.1. The van der Waals surface area contributed by atoms with Crippen LogP contribution in [0.1, 0.15) is 17.4 Å². The first-order valence-electron chi connectivity index (χ1n) is 8.22. The SMILES string of the molecule is CCn1c(NNC(=O)c2csc(-c3ccco3)n2)nc2ccccc2c1=O. The van der Waals surface area contributed by atoms with Crippen molar-refractivity contribution < 1.29 is 9.21 Å². The molecule has 0 saturated heterocycles. The van der Waals surface area contributed by atoms with E-state index in [1.54, 1.807) is 48.0 Å². The molecule has 136 valence electrons. The Bertz CT molecular complexity index is 1160. The summed E-state index contributed by atoms with van der Waals surface area (Å²) in [5.74, 6) is 0.424. The number of benzene rings is 1. The molecule has 8 nitrogen and oxygen atoms in total. The van der Waals surface area contributed by atoms with Gasteiger partial charge in [0.25, 0.3) is 11.5 Å². The smallest absolute Gasteiger partial charge is 0.289 e. The maximum Gasteiger partial charge on any atom is 0.289 e. The fraction of sp³-hybridized carbons (Fsp3) is 0.111. The average molecular weight is 381 g/mol. The molecule has 0 saturated carbocycles. The van der Waals surface area contributed by atoms with Crippen LogP contribution in [0.25, 0.3) is 21.7 Å². The van der Waals surface area contributed by atoms with Crippen LogP contribution in [0.5, 0.6) is 0 Å². The first-order valence-corrected chi connectivity index (χ1v) is 9.10. The number of para-hydroxylation sites is 1. The van der Waals surface area contributed by atoms with Crippen LogP contribution in [0.15, 0.2) is 57.3 Å². The van der Waals surface area contributed by atoms with E-state index >= 15 is 0 Å². The van der Waals surface area contributed by atoms with Gasteiger partial charge in [0.2, 0.25) is 5.95 Å². The number of rotatable bonds is 5. The molecule has 3 heterocycles. The molecule has 2 N–H and O–H groups in total. The van der Waals surface area contributed by atoms with E-state index in [0.29, 0.717) is 28.2 Å². The molecule has 0 aliphatic carbocycles. The largest absolute Gasteiger partial charge is 0.462 e. The number of fused-ring (bicyclic) bond motifs is 1. The number of hydrogen-bond acceptors (Lipinski definition) is 7. The van der Waals surface area contributed by atoms with Crippen LogP contribution in [-0.2, 0) is 6.54 Å². The Morgan fingerprint density at radius 3 is 2.85 bits per heavy atom. The summed E-state index contributed by atoms with van der Waals surface area (Å²) in [6, 6.07) is 10.6. The number of thiazole rings is 1. The van der Waals surface area contributed by atoms with Gasteiger partial charge in [-0.25, -0.2) is 9.97 Å². The van der Waals surface area contributed by atoms with E-state index in [1.807, 2.05) is 6.92 Å². The highest BCUT2D eigenvalue weighted by Gasteiger charge is 2.15. The van der Waals surface area contributed by atoms with Crippen molar-refractivity contribution in [1.82, 2.24) is 20.0 Å². The van der Waals surface area contributed by atoms with E-state index in [4.69, 9.17) is 4.42 Å². The van der Waals surface area contributed by atoms with Crippen molar-refractivity contribution in [2.24, 2.45) is 0 Å². The number of carbonyl (C=O) groups is 1. The molecule has 27 heavy (non-hydrogen) atoms. The number of hydrogen-bond donors (Lipinski definition) is 2. The van der Waals surface area contributed by atoms with E-state index in [2.05, 4.69) is 20.8 Å². The molecule has 0 unspecified atom stereocenters. The number of furan rings is 1. The molecular formula is C18H15N5O3S. The molecule has 9 heteroatoms. The third-order valence-corrected chi connectivity index (χ3v) is 4.79. The van der Waals surface area contributed by atoms with E-state index in [-0.39, 0.29) is 17.2 Å². The minimum Gasteiger partial charge on any atom is -0.462 e. The fourth-order valence-corrected chi connectivity index (χ4v) is 3.39. The lowest BCUT2D eigenvalue weighted by molar-refractivity contribution is 0.0958. The lowest BCUT2D eigenvalue weighted by Gasteiger charge is -2.13. The Kier molecular flexibility index (Phi) is 4.43. The van der Waals surface area contributed by atoms with Crippen LogP contribution in [-0.4, -0.2) is 20.4 Å². The second kappa shape index (κ2) is 7.04. The van der Waals surface area contributed by atoms with Crippen LogP contribution in [0.3, 0.4) is 0 Å². The van der Waals surface area contributed by atoms with Gasteiger partial charge in [-0.05, 0) is 31.2 Å². The molecule has 4 rings (SSSR count). The maximum atomic E-state index is 12.6. The molecule has 0 atom stereocenters. The maximum absolute atomic E-state index is 12.6. The minimum atomic E-state index is -0.436. The van der Waals surface area contributed by atoms with Crippen molar-refractivity contribution in [2.75, 3.05) is 5.43 Å². The highest BCUT2D eigenvalue weighted by Crippen LogP contribution is 2.23. The van der Waals surface area contributed by atoms with Crippen LogP contribution in [0, 0.1) is 0 Å². The Hall–Kier alpha value is -3.46. The predicted molar refractivity (Wildman–Crippen MR) is 103 cm³/mol. The highest BCUT2D eigenvalue weighted by atomic mass is 32.1. The molecule has 0 radical (unpaired) electrons. The first kappa shape index (κ1) is 17.0. The summed E-state index contributed by atoms with van der Waals surface area (Å²) in [7, 11) is 0. The van der Waals surface area contributed by atoms with Gasteiger partial charge in [-0.3, -0.25) is 25.0 Å². The van der Waals surface area contributed by atoms with E-state index in [0.717, 1.165) is 0 Å². The quantitative estimate of drug-likeness (QED) is 0.516. The van der Waals surface area contributed by atoms with Crippen LogP contribution in [0.4, 0.5) is 5.95 Å². The summed E-state index contributed by atoms with van der Waals surface area (Å²) >= 11 is 1.30. The third-order valence-electron chi connectivity index (χ3n) is 3.93. The second-order valence-electron chi connectivity index (χ2n) is 5.60. The van der Waals surface area contributed by atoms with Crippen LogP contribution in [0.2, 0.25) is 0 Å². The van der Waals surface area contributed by atoms with Gasteiger partial charge < -0.3 is 4.42 Å². The summed E-state index contributed by atoms with van der Waals surface area (Å²) in [6.07, 6.45) is 1.55. The van der Waals surface area contributed by atoms with Gasteiger partial charge in [0.05, 0.1) is 17.2 Å². The van der Waals surface area contributed by atoms with Gasteiger partial charge in [0.1, 0.15) is 5.69 Å². The van der Waals surface area contributed by atoms with Crippen molar-refractivity contribution in [2.45, 2.75) is 13.5 Å². The number of nitrogens with zero attached hydrogens (tertiary/aromatic N) is 3. The molecule has 1 amide bonds. The molecule has 1 aromatic carbocycles. The molecule has 0 bridgehead atoms. The fourth-order valence-electron chi connectivity index (χ4n) is 2.62. The van der Waals surface area contributed by atoms with Gasteiger partial charge in [-0.1, -0.05) is 12.1 Å². The molecular weight excluding hydrogens is 366 g/mol. The zero-order chi connectivity index (χ0) is 18.8. The molecule has 4 aromatic rings. The third kappa shape index (κ3) is 3.20. The van der Waals surface area contributed by atoms with E-state index in [1.165, 1.54) is 15.9 Å². The average Bonchev–Trinajstić information content (AvgIpc) is 3.37. The molecule has 0 spiro atoms. The van der Waals surface area contributed by atoms with Crippen molar-refractivity contribution in [1.29, 1.82) is 0 Å². The number of anilines is 1. The number of hydrazine groups is 1. The van der Waals surface area contributed by atoms with Crippen molar-refractivity contribution in [3.8, 4) is 10.8 Å². The van der Waals surface area contributed by atoms with E-state index in [9.17, 15) is 9.59 Å². The lowest BCUT2D eigenvalue weighted by Crippen LogP contribution is -2.34. The Balaban J connectivity index is 1.56. The molecule has 0 fully saturated rings. The normalized spacial score (nSPS) is 10.9. The summed E-state index contributed by atoms with van der Waals surface area (Å²) in [4.78, 5) is 33.6. The summed E-state index contributed by atoms with van der Waals surface area (Å²) < 4.78 is 6.74. The minimum absolute atomic E-state index is 0.173. The van der Waals surface area contributed by atoms with Crippen molar-refractivity contribution in [3.05, 3.63) is 64.1 Å². The molecule has 0 aliphatic rings.